The standard InChI is InChI=1S/C15H18N2O3S2/c1-10-6-7-12(22(16,19)20)9-13(10)15(18)17(3)11(2)14-5-4-8-21-14/h4-9,11H,1-3H3,(H2,16,19,20). The first kappa shape index (κ1) is 16.7. The number of benzene rings is 1. The van der Waals surface area contributed by atoms with Gasteiger partial charge in [-0.2, -0.15) is 0 Å². The fourth-order valence-electron chi connectivity index (χ4n) is 2.09. The minimum absolute atomic E-state index is 0.0568. The molecule has 0 spiro atoms. The van der Waals surface area contributed by atoms with Gasteiger partial charge in [0.05, 0.1) is 10.9 Å². The molecule has 0 radical (unpaired) electrons. The molecule has 0 aliphatic carbocycles. The Kier molecular flexibility index (Phi) is 4.69. The molecule has 22 heavy (non-hydrogen) atoms. The Labute approximate surface area is 134 Å². The van der Waals surface area contributed by atoms with Gasteiger partial charge >= 0.3 is 0 Å². The van der Waals surface area contributed by atoms with Gasteiger partial charge in [-0.25, -0.2) is 13.6 Å². The van der Waals surface area contributed by atoms with Gasteiger partial charge in [0.25, 0.3) is 5.91 Å². The molecule has 1 heterocycles. The van der Waals surface area contributed by atoms with Crippen molar-refractivity contribution in [3.63, 3.8) is 0 Å². The lowest BCUT2D eigenvalue weighted by molar-refractivity contribution is 0.0744. The predicted octanol–water partition coefficient (Wildman–Crippen LogP) is 2.54. The third-order valence-electron chi connectivity index (χ3n) is 3.62. The van der Waals surface area contributed by atoms with Crippen LogP contribution in [0.4, 0.5) is 0 Å². The lowest BCUT2D eigenvalue weighted by atomic mass is 10.1. The number of carbonyl (C=O) groups excluding carboxylic acids is 1. The number of nitrogens with zero attached hydrogens (tertiary/aromatic N) is 1. The van der Waals surface area contributed by atoms with Crippen LogP contribution in [0.2, 0.25) is 0 Å². The summed E-state index contributed by atoms with van der Waals surface area (Å²) in [5.74, 6) is -0.232. The van der Waals surface area contributed by atoms with E-state index in [1.54, 1.807) is 36.3 Å². The molecule has 1 amide bonds. The largest absolute Gasteiger partial charge is 0.334 e. The Morgan fingerprint density at radius 3 is 2.55 bits per heavy atom. The molecular formula is C15H18N2O3S2. The highest BCUT2D eigenvalue weighted by atomic mass is 32.2. The SMILES string of the molecule is Cc1ccc(S(N)(=O)=O)cc1C(=O)N(C)C(C)c1cccs1. The lowest BCUT2D eigenvalue weighted by Gasteiger charge is -2.25. The highest BCUT2D eigenvalue weighted by Gasteiger charge is 2.22. The molecule has 1 unspecified atom stereocenters. The summed E-state index contributed by atoms with van der Waals surface area (Å²) in [4.78, 5) is 15.3. The van der Waals surface area contributed by atoms with E-state index in [4.69, 9.17) is 5.14 Å². The van der Waals surface area contributed by atoms with Crippen LogP contribution in [0.3, 0.4) is 0 Å². The van der Waals surface area contributed by atoms with E-state index in [9.17, 15) is 13.2 Å². The molecule has 1 atom stereocenters. The average molecular weight is 338 g/mol. The second kappa shape index (κ2) is 6.20. The minimum Gasteiger partial charge on any atom is -0.334 e. The number of amides is 1. The maximum Gasteiger partial charge on any atom is 0.254 e. The van der Waals surface area contributed by atoms with E-state index in [2.05, 4.69) is 0 Å². The molecule has 1 aromatic heterocycles. The summed E-state index contributed by atoms with van der Waals surface area (Å²) in [5.41, 5.74) is 1.06. The van der Waals surface area contributed by atoms with Crippen molar-refractivity contribution in [1.29, 1.82) is 0 Å². The maximum atomic E-state index is 12.7. The molecule has 7 heteroatoms. The molecule has 0 bridgehead atoms. The smallest absolute Gasteiger partial charge is 0.254 e. The molecule has 2 rings (SSSR count). The van der Waals surface area contributed by atoms with E-state index in [1.165, 1.54) is 12.1 Å². The number of sulfonamides is 1. The fraction of sp³-hybridized carbons (Fsp3) is 0.267. The van der Waals surface area contributed by atoms with Crippen molar-refractivity contribution in [2.24, 2.45) is 5.14 Å². The van der Waals surface area contributed by atoms with E-state index in [1.807, 2.05) is 24.4 Å². The van der Waals surface area contributed by atoms with E-state index >= 15 is 0 Å². The molecule has 0 saturated carbocycles. The molecule has 2 aromatic rings. The Morgan fingerprint density at radius 2 is 2.00 bits per heavy atom. The van der Waals surface area contributed by atoms with Crippen LogP contribution in [-0.2, 0) is 10.0 Å². The number of hydrogen-bond donors (Lipinski definition) is 1. The summed E-state index contributed by atoms with van der Waals surface area (Å²) >= 11 is 1.57. The van der Waals surface area contributed by atoms with Crippen LogP contribution in [-0.4, -0.2) is 26.3 Å². The number of primary sulfonamides is 1. The van der Waals surface area contributed by atoms with Crippen molar-refractivity contribution in [3.05, 3.63) is 51.7 Å². The third-order valence-corrected chi connectivity index (χ3v) is 5.58. The molecular weight excluding hydrogens is 320 g/mol. The number of aryl methyl sites for hydroxylation is 1. The zero-order chi connectivity index (χ0) is 16.5. The van der Waals surface area contributed by atoms with Crippen LogP contribution in [0.25, 0.3) is 0 Å². The van der Waals surface area contributed by atoms with Crippen LogP contribution < -0.4 is 5.14 Å². The second-order valence-corrected chi connectivity index (χ2v) is 7.67. The fourth-order valence-corrected chi connectivity index (χ4v) is 3.46. The molecule has 1 aromatic carbocycles. The van der Waals surface area contributed by atoms with Crippen LogP contribution in [0.1, 0.15) is 33.8 Å². The lowest BCUT2D eigenvalue weighted by Crippen LogP contribution is -2.30. The molecule has 0 aliphatic heterocycles. The Hall–Kier alpha value is -1.70. The average Bonchev–Trinajstić information content (AvgIpc) is 2.98. The maximum absolute atomic E-state index is 12.7. The van der Waals surface area contributed by atoms with Crippen molar-refractivity contribution in [2.45, 2.75) is 24.8 Å². The number of rotatable bonds is 4. The Bertz CT molecular complexity index is 783. The number of carbonyl (C=O) groups is 1. The second-order valence-electron chi connectivity index (χ2n) is 5.13. The van der Waals surface area contributed by atoms with E-state index in [-0.39, 0.29) is 16.8 Å². The van der Waals surface area contributed by atoms with E-state index in [0.29, 0.717) is 11.1 Å². The molecule has 118 valence electrons. The topological polar surface area (TPSA) is 80.5 Å². The van der Waals surface area contributed by atoms with Crippen LogP contribution in [0, 0.1) is 6.92 Å². The third kappa shape index (κ3) is 3.37. The van der Waals surface area contributed by atoms with E-state index < -0.39 is 10.0 Å². The van der Waals surface area contributed by atoms with Gasteiger partial charge in [-0.15, -0.1) is 11.3 Å². The van der Waals surface area contributed by atoms with Crippen LogP contribution in [0.5, 0.6) is 0 Å². The first-order valence-electron chi connectivity index (χ1n) is 6.66. The summed E-state index contributed by atoms with van der Waals surface area (Å²) in [6.45, 7) is 3.70. The summed E-state index contributed by atoms with van der Waals surface area (Å²) in [7, 11) is -2.13. The minimum atomic E-state index is -3.83. The van der Waals surface area contributed by atoms with Crippen molar-refractivity contribution < 1.29 is 13.2 Å². The van der Waals surface area contributed by atoms with Gasteiger partial charge in [-0.05, 0) is 43.0 Å². The van der Waals surface area contributed by atoms with Gasteiger partial charge in [0, 0.05) is 17.5 Å². The highest BCUT2D eigenvalue weighted by molar-refractivity contribution is 7.89. The Morgan fingerprint density at radius 1 is 1.32 bits per heavy atom. The monoisotopic (exact) mass is 338 g/mol. The zero-order valence-electron chi connectivity index (χ0n) is 12.6. The first-order chi connectivity index (χ1) is 10.2. The molecule has 5 nitrogen and oxygen atoms in total. The summed E-state index contributed by atoms with van der Waals surface area (Å²) in [6, 6.07) is 8.14. The molecule has 0 saturated heterocycles. The van der Waals surface area contributed by atoms with Crippen molar-refractivity contribution in [3.8, 4) is 0 Å². The molecule has 0 fully saturated rings. The van der Waals surface area contributed by atoms with Gasteiger partial charge < -0.3 is 4.90 Å². The molecule has 0 aliphatic rings. The summed E-state index contributed by atoms with van der Waals surface area (Å²) < 4.78 is 22.9. The number of hydrogen-bond acceptors (Lipinski definition) is 4. The van der Waals surface area contributed by atoms with Crippen molar-refractivity contribution in [2.75, 3.05) is 7.05 Å². The first-order valence-corrected chi connectivity index (χ1v) is 9.08. The van der Waals surface area contributed by atoms with E-state index in [0.717, 1.165) is 4.88 Å². The number of thiophene rings is 1. The zero-order valence-corrected chi connectivity index (χ0v) is 14.2. The van der Waals surface area contributed by atoms with Gasteiger partial charge in [0.2, 0.25) is 10.0 Å². The highest BCUT2D eigenvalue weighted by Crippen LogP contribution is 2.26. The number of nitrogens with two attached hydrogens (primary N) is 1. The summed E-state index contributed by atoms with van der Waals surface area (Å²) in [5, 5.41) is 7.09. The normalized spacial score (nSPS) is 12.9. The quantitative estimate of drug-likeness (QED) is 0.930. The van der Waals surface area contributed by atoms with Crippen molar-refractivity contribution >= 4 is 27.3 Å². The van der Waals surface area contributed by atoms with Gasteiger partial charge in [0.1, 0.15) is 0 Å². The Balaban J connectivity index is 2.37. The summed E-state index contributed by atoms with van der Waals surface area (Å²) in [6.07, 6.45) is 0. The van der Waals surface area contributed by atoms with Gasteiger partial charge in [-0.3, -0.25) is 4.79 Å². The van der Waals surface area contributed by atoms with Crippen LogP contribution in [0.15, 0.2) is 40.6 Å². The van der Waals surface area contributed by atoms with Crippen LogP contribution >= 0.6 is 11.3 Å². The van der Waals surface area contributed by atoms with Gasteiger partial charge in [0.15, 0.2) is 0 Å². The predicted molar refractivity (Wildman–Crippen MR) is 87.4 cm³/mol. The molecule has 2 N–H and O–H groups in total. The van der Waals surface area contributed by atoms with Crippen molar-refractivity contribution in [1.82, 2.24) is 4.90 Å². The van der Waals surface area contributed by atoms with Gasteiger partial charge in [-0.1, -0.05) is 12.1 Å².